The smallest absolute Gasteiger partial charge is 0.187 e. The molecule has 0 amide bonds. The molecule has 5 heteroatoms. The molecule has 0 radical (unpaired) electrons. The standard InChI is InChI=1S/C12H23N3OS/c1-9-5-4-6-10(2)11(9)14-15-12(17)13-7-8-16-3/h9-10H,4-8H2,1-3H3,(H2,13,15,17)/t9-,10-/m1/s1. The van der Waals surface area contributed by atoms with Crippen LogP contribution in [0.3, 0.4) is 0 Å². The SMILES string of the molecule is COCCNC(=S)NN=C1[C@H](C)CCC[C@H]1C. The molecule has 2 N–H and O–H groups in total. The lowest BCUT2D eigenvalue weighted by Crippen LogP contribution is -2.36. The number of methoxy groups -OCH3 is 1. The van der Waals surface area contributed by atoms with E-state index in [1.54, 1.807) is 7.11 Å². The number of nitrogens with one attached hydrogen (secondary N) is 2. The van der Waals surface area contributed by atoms with E-state index in [1.165, 1.54) is 25.0 Å². The zero-order valence-electron chi connectivity index (χ0n) is 11.0. The van der Waals surface area contributed by atoms with Gasteiger partial charge in [-0.2, -0.15) is 5.10 Å². The monoisotopic (exact) mass is 257 g/mol. The van der Waals surface area contributed by atoms with Crippen molar-refractivity contribution < 1.29 is 4.74 Å². The van der Waals surface area contributed by atoms with Gasteiger partial charge in [-0.3, -0.25) is 5.43 Å². The third kappa shape index (κ3) is 5.00. The number of rotatable bonds is 4. The van der Waals surface area contributed by atoms with Crippen LogP contribution in [0, 0.1) is 11.8 Å². The summed E-state index contributed by atoms with van der Waals surface area (Å²) in [6.45, 7) is 5.82. The highest BCUT2D eigenvalue weighted by Gasteiger charge is 2.22. The average Bonchev–Trinajstić information content (AvgIpc) is 2.29. The lowest BCUT2D eigenvalue weighted by Gasteiger charge is -2.26. The van der Waals surface area contributed by atoms with Gasteiger partial charge in [0, 0.05) is 19.4 Å². The summed E-state index contributed by atoms with van der Waals surface area (Å²) < 4.78 is 4.94. The van der Waals surface area contributed by atoms with E-state index in [2.05, 4.69) is 29.7 Å². The van der Waals surface area contributed by atoms with Gasteiger partial charge in [0.25, 0.3) is 0 Å². The predicted octanol–water partition coefficient (Wildman–Crippen LogP) is 1.91. The molecule has 17 heavy (non-hydrogen) atoms. The molecule has 1 rings (SSSR count). The molecule has 1 aliphatic carbocycles. The second kappa shape index (κ2) is 7.61. The molecule has 1 fully saturated rings. The number of hydrazone groups is 1. The fourth-order valence-corrected chi connectivity index (χ4v) is 2.30. The van der Waals surface area contributed by atoms with Crippen LogP contribution in [-0.4, -0.2) is 31.1 Å². The Morgan fingerprint density at radius 1 is 1.41 bits per heavy atom. The summed E-state index contributed by atoms with van der Waals surface area (Å²) in [4.78, 5) is 0. The second-order valence-corrected chi connectivity index (χ2v) is 5.04. The largest absolute Gasteiger partial charge is 0.383 e. The van der Waals surface area contributed by atoms with Crippen LogP contribution >= 0.6 is 12.2 Å². The zero-order chi connectivity index (χ0) is 12.7. The van der Waals surface area contributed by atoms with Crippen molar-refractivity contribution in [3.63, 3.8) is 0 Å². The minimum atomic E-state index is 0.563. The number of nitrogens with zero attached hydrogens (tertiary/aromatic N) is 1. The van der Waals surface area contributed by atoms with Crippen molar-refractivity contribution in [1.82, 2.24) is 10.7 Å². The molecular weight excluding hydrogens is 234 g/mol. The van der Waals surface area contributed by atoms with E-state index in [1.807, 2.05) is 0 Å². The minimum Gasteiger partial charge on any atom is -0.383 e. The maximum Gasteiger partial charge on any atom is 0.187 e. The number of hydrogen-bond acceptors (Lipinski definition) is 3. The van der Waals surface area contributed by atoms with Crippen LogP contribution in [0.1, 0.15) is 33.1 Å². The van der Waals surface area contributed by atoms with Crippen LogP contribution in [0.4, 0.5) is 0 Å². The Hall–Kier alpha value is -0.680. The molecule has 0 saturated heterocycles. The number of ether oxygens (including phenoxy) is 1. The molecule has 0 aromatic carbocycles. The summed E-state index contributed by atoms with van der Waals surface area (Å²) in [5, 5.41) is 8.06. The summed E-state index contributed by atoms with van der Waals surface area (Å²) in [5.74, 6) is 1.13. The van der Waals surface area contributed by atoms with Crippen LogP contribution < -0.4 is 10.7 Å². The molecule has 0 spiro atoms. The van der Waals surface area contributed by atoms with Crippen molar-refractivity contribution in [2.45, 2.75) is 33.1 Å². The third-order valence-corrected chi connectivity index (χ3v) is 3.40. The highest BCUT2D eigenvalue weighted by Crippen LogP contribution is 2.25. The van der Waals surface area contributed by atoms with E-state index in [0.29, 0.717) is 30.1 Å². The van der Waals surface area contributed by atoms with E-state index in [4.69, 9.17) is 17.0 Å². The lowest BCUT2D eigenvalue weighted by atomic mass is 9.81. The Balaban J connectivity index is 2.37. The molecule has 0 bridgehead atoms. The maximum absolute atomic E-state index is 5.13. The molecule has 2 atom stereocenters. The molecule has 1 saturated carbocycles. The molecule has 0 aliphatic heterocycles. The molecule has 1 aliphatic rings. The van der Waals surface area contributed by atoms with Gasteiger partial charge in [-0.25, -0.2) is 0 Å². The Morgan fingerprint density at radius 3 is 2.65 bits per heavy atom. The van der Waals surface area contributed by atoms with Gasteiger partial charge in [0.1, 0.15) is 0 Å². The minimum absolute atomic E-state index is 0.563. The molecule has 0 unspecified atom stereocenters. The fraction of sp³-hybridized carbons (Fsp3) is 0.833. The van der Waals surface area contributed by atoms with Gasteiger partial charge in [-0.05, 0) is 36.9 Å². The van der Waals surface area contributed by atoms with Gasteiger partial charge in [-0.15, -0.1) is 0 Å². The fourth-order valence-electron chi connectivity index (χ4n) is 2.15. The first kappa shape index (κ1) is 14.4. The molecular formula is C12H23N3OS. The van der Waals surface area contributed by atoms with E-state index in [0.717, 1.165) is 0 Å². The van der Waals surface area contributed by atoms with Gasteiger partial charge in [0.05, 0.1) is 6.61 Å². The Morgan fingerprint density at radius 2 is 2.06 bits per heavy atom. The first-order valence-corrected chi connectivity index (χ1v) is 6.66. The van der Waals surface area contributed by atoms with Crippen LogP contribution in [0.2, 0.25) is 0 Å². The van der Waals surface area contributed by atoms with Crippen LogP contribution in [-0.2, 0) is 4.74 Å². The van der Waals surface area contributed by atoms with Gasteiger partial charge in [0.2, 0.25) is 0 Å². The van der Waals surface area contributed by atoms with Crippen molar-refractivity contribution in [2.75, 3.05) is 20.3 Å². The second-order valence-electron chi connectivity index (χ2n) is 4.63. The maximum atomic E-state index is 5.13. The van der Waals surface area contributed by atoms with Crippen molar-refractivity contribution in [2.24, 2.45) is 16.9 Å². The third-order valence-electron chi connectivity index (χ3n) is 3.16. The molecule has 0 aromatic rings. The Bertz CT molecular complexity index is 269. The van der Waals surface area contributed by atoms with Crippen molar-refractivity contribution >= 4 is 23.0 Å². The lowest BCUT2D eigenvalue weighted by molar-refractivity contribution is 0.204. The zero-order valence-corrected chi connectivity index (χ0v) is 11.8. The molecule has 4 nitrogen and oxygen atoms in total. The van der Waals surface area contributed by atoms with Crippen molar-refractivity contribution in [1.29, 1.82) is 0 Å². The predicted molar refractivity (Wildman–Crippen MR) is 75.2 cm³/mol. The van der Waals surface area contributed by atoms with Crippen LogP contribution in [0.25, 0.3) is 0 Å². The summed E-state index contributed by atoms with van der Waals surface area (Å²) >= 11 is 5.13. The first-order valence-electron chi connectivity index (χ1n) is 6.25. The quantitative estimate of drug-likeness (QED) is 0.459. The van der Waals surface area contributed by atoms with Crippen LogP contribution in [0.5, 0.6) is 0 Å². The normalized spacial score (nSPS) is 24.3. The van der Waals surface area contributed by atoms with Gasteiger partial charge in [0.15, 0.2) is 5.11 Å². The molecule has 0 heterocycles. The van der Waals surface area contributed by atoms with Crippen molar-refractivity contribution in [3.05, 3.63) is 0 Å². The van der Waals surface area contributed by atoms with Gasteiger partial charge in [-0.1, -0.05) is 20.3 Å². The van der Waals surface area contributed by atoms with Gasteiger partial charge >= 0.3 is 0 Å². The summed E-state index contributed by atoms with van der Waals surface area (Å²) in [7, 11) is 1.67. The van der Waals surface area contributed by atoms with E-state index in [9.17, 15) is 0 Å². The topological polar surface area (TPSA) is 45.6 Å². The molecule has 0 aromatic heterocycles. The van der Waals surface area contributed by atoms with Crippen molar-refractivity contribution in [3.8, 4) is 0 Å². The van der Waals surface area contributed by atoms with Gasteiger partial charge < -0.3 is 10.1 Å². The Labute approximate surface area is 109 Å². The molecule has 98 valence electrons. The Kier molecular flexibility index (Phi) is 6.44. The summed E-state index contributed by atoms with van der Waals surface area (Å²) in [6, 6.07) is 0. The summed E-state index contributed by atoms with van der Waals surface area (Å²) in [5.41, 5.74) is 4.17. The average molecular weight is 257 g/mol. The highest BCUT2D eigenvalue weighted by molar-refractivity contribution is 7.80. The summed E-state index contributed by atoms with van der Waals surface area (Å²) in [6.07, 6.45) is 3.77. The highest BCUT2D eigenvalue weighted by atomic mass is 32.1. The first-order chi connectivity index (χ1) is 8.15. The number of hydrogen-bond donors (Lipinski definition) is 2. The van der Waals surface area contributed by atoms with Crippen LogP contribution in [0.15, 0.2) is 5.10 Å². The van der Waals surface area contributed by atoms with E-state index >= 15 is 0 Å². The van der Waals surface area contributed by atoms with E-state index in [-0.39, 0.29) is 0 Å². The number of thiocarbonyl (C=S) groups is 1. The van der Waals surface area contributed by atoms with E-state index < -0.39 is 0 Å².